The number of hydrogen-bond donors (Lipinski definition) is 0. The van der Waals surface area contributed by atoms with Gasteiger partial charge in [0, 0.05) is 17.4 Å². The summed E-state index contributed by atoms with van der Waals surface area (Å²) in [4.78, 5) is 51.3. The van der Waals surface area contributed by atoms with Crippen LogP contribution in [0.15, 0.2) is 0 Å². The van der Waals surface area contributed by atoms with Gasteiger partial charge in [0.1, 0.15) is 0 Å². The van der Waals surface area contributed by atoms with Crippen molar-refractivity contribution in [3.8, 4) is 0 Å². The van der Waals surface area contributed by atoms with E-state index in [-0.39, 0.29) is 75.8 Å². The average molecular weight is 413 g/mol. The van der Waals surface area contributed by atoms with Crippen LogP contribution >= 0.6 is 15.6 Å². The molecular weight excluding hydrogens is 413 g/mol. The summed E-state index contributed by atoms with van der Waals surface area (Å²) < 4.78 is 17.1. The van der Waals surface area contributed by atoms with Crippen LogP contribution in [0.25, 0.3) is 0 Å². The maximum absolute atomic E-state index is 8.55. The van der Waals surface area contributed by atoms with Gasteiger partial charge in [-0.1, -0.05) is 0 Å². The molecule has 14 heavy (non-hydrogen) atoms. The molecule has 0 saturated carbocycles. The van der Waals surface area contributed by atoms with Crippen molar-refractivity contribution in [2.45, 2.75) is 0 Å². The topological polar surface area (TPSA) is 172 Å². The van der Waals surface area contributed by atoms with Gasteiger partial charge in [0.2, 0.25) is 0 Å². The molecule has 0 bridgehead atoms. The second kappa shape index (κ2) is 15.6. The first-order valence-corrected chi connectivity index (χ1v) is 4.38. The number of phosphoric acid groups is 2. The zero-order valence-corrected chi connectivity index (χ0v) is 18.7. The first kappa shape index (κ1) is 36.0. The van der Waals surface area contributed by atoms with Gasteiger partial charge in [0.05, 0.1) is 0 Å². The van der Waals surface area contributed by atoms with E-state index in [0.29, 0.717) is 0 Å². The van der Waals surface area contributed by atoms with E-state index in [0.717, 1.165) is 0 Å². The molecule has 0 aromatic carbocycles. The van der Waals surface area contributed by atoms with Crippen molar-refractivity contribution in [3.63, 3.8) is 0 Å². The van der Waals surface area contributed by atoms with Crippen LogP contribution in [0.3, 0.4) is 0 Å². The Hall–Kier alpha value is 2.62. The van der Waals surface area contributed by atoms with Crippen LogP contribution < -0.4 is 29.4 Å². The molecule has 3 radical (unpaired) electrons. The van der Waals surface area contributed by atoms with Crippen LogP contribution in [0.5, 0.6) is 0 Å². The zero-order valence-electron chi connectivity index (χ0n) is 6.86. The Morgan fingerprint density at radius 3 is 0.571 bits per heavy atom. The third-order valence-electron chi connectivity index (χ3n) is 0. The van der Waals surface area contributed by atoms with Crippen LogP contribution in [0.1, 0.15) is 0 Å². The van der Waals surface area contributed by atoms with Gasteiger partial charge in [-0.3, -0.25) is 0 Å². The van der Waals surface area contributed by atoms with Crippen molar-refractivity contribution in [2.24, 2.45) is 0 Å². The van der Waals surface area contributed by atoms with E-state index in [4.69, 9.17) is 38.5 Å². The van der Waals surface area contributed by atoms with E-state index in [1.807, 2.05) is 0 Å². The SMILES string of the molecule is O=P([O-])([O-])[O-].O=P([O-])([O-])[O-].[Al].[Zn+2].[Zn+2].[Zn+2]. The van der Waals surface area contributed by atoms with Crippen molar-refractivity contribution < 1.29 is 96.9 Å². The fraction of sp³-hybridized carbons (Fsp3) is 0. The largest absolute Gasteiger partial charge is 2.00 e. The van der Waals surface area contributed by atoms with Gasteiger partial charge in [-0.25, -0.2) is 0 Å². The van der Waals surface area contributed by atoms with Gasteiger partial charge in [-0.15, -0.1) is 0 Å². The van der Waals surface area contributed by atoms with Gasteiger partial charge in [-0.05, 0) is 0 Å². The normalized spacial score (nSPS) is 8.43. The predicted molar refractivity (Wildman–Crippen MR) is 21.0 cm³/mol. The van der Waals surface area contributed by atoms with Crippen LogP contribution in [0.4, 0.5) is 0 Å². The standard InChI is InChI=1S/Al.2H3O4P.3Zn/c;2*1-5(2,3)4;;;/h;2*(H3,1,2,3,4);;;/q;;;3*+2/p-6. The molecule has 0 atom stereocenters. The van der Waals surface area contributed by atoms with Crippen LogP contribution in [-0.2, 0) is 67.6 Å². The van der Waals surface area contributed by atoms with Gasteiger partial charge in [-0.2, -0.15) is 15.6 Å². The van der Waals surface area contributed by atoms with E-state index in [9.17, 15) is 0 Å². The summed E-state index contributed by atoms with van der Waals surface area (Å²) in [7, 11) is -10.8. The van der Waals surface area contributed by atoms with Crippen molar-refractivity contribution in [1.82, 2.24) is 0 Å². The molecule has 0 rings (SSSR count). The molecule has 0 unspecified atom stereocenters. The van der Waals surface area contributed by atoms with Crippen molar-refractivity contribution in [1.29, 1.82) is 0 Å². The van der Waals surface area contributed by atoms with E-state index in [2.05, 4.69) is 0 Å². The Kier molecular flexibility index (Phi) is 40.1. The molecule has 0 spiro atoms. The molecule has 0 aromatic heterocycles. The molecule has 0 saturated heterocycles. The molecule has 0 amide bonds. The van der Waals surface area contributed by atoms with E-state index in [1.54, 1.807) is 0 Å². The molecular formula is AlO8P2Zn3. The molecule has 0 aromatic rings. The van der Waals surface area contributed by atoms with Gasteiger partial charge < -0.3 is 38.5 Å². The fourth-order valence-electron chi connectivity index (χ4n) is 0. The second-order valence-electron chi connectivity index (χ2n) is 0.894. The smallest absolute Gasteiger partial charge is 0.822 e. The Morgan fingerprint density at radius 1 is 0.571 bits per heavy atom. The van der Waals surface area contributed by atoms with Gasteiger partial charge in [0.25, 0.3) is 0 Å². The second-order valence-corrected chi connectivity index (χ2v) is 2.68. The zero-order chi connectivity index (χ0) is 9.00. The van der Waals surface area contributed by atoms with Crippen molar-refractivity contribution in [3.05, 3.63) is 0 Å². The van der Waals surface area contributed by atoms with Crippen LogP contribution in [0.2, 0.25) is 0 Å². The van der Waals surface area contributed by atoms with Gasteiger partial charge in [0.15, 0.2) is 0 Å². The number of hydrogen-bond acceptors (Lipinski definition) is 8. The summed E-state index contributed by atoms with van der Waals surface area (Å²) in [6, 6.07) is 0. The maximum Gasteiger partial charge on any atom is 2.00 e. The number of rotatable bonds is 0. The summed E-state index contributed by atoms with van der Waals surface area (Å²) in [5.74, 6) is 0. The Labute approximate surface area is 129 Å². The molecule has 14 heteroatoms. The predicted octanol–water partition coefficient (Wildman–Crippen LogP) is -6.04. The fourth-order valence-corrected chi connectivity index (χ4v) is 0. The molecule has 8 nitrogen and oxygen atoms in total. The van der Waals surface area contributed by atoms with E-state index >= 15 is 0 Å². The molecule has 0 aliphatic rings. The van der Waals surface area contributed by atoms with Crippen molar-refractivity contribution >= 4 is 33.0 Å². The minimum Gasteiger partial charge on any atom is -0.822 e. The maximum atomic E-state index is 8.55. The molecule has 0 aliphatic carbocycles. The third kappa shape index (κ3) is 395. The van der Waals surface area contributed by atoms with Gasteiger partial charge >= 0.3 is 58.4 Å². The van der Waals surface area contributed by atoms with Crippen LogP contribution in [0, 0.1) is 0 Å². The quantitative estimate of drug-likeness (QED) is 0.279. The molecule has 0 fully saturated rings. The molecule has 0 heterocycles. The Morgan fingerprint density at radius 2 is 0.571 bits per heavy atom. The summed E-state index contributed by atoms with van der Waals surface area (Å²) in [6.07, 6.45) is 0. The first-order valence-electron chi connectivity index (χ1n) is 1.46. The third-order valence-corrected chi connectivity index (χ3v) is 0. The molecule has 0 N–H and O–H groups in total. The van der Waals surface area contributed by atoms with Crippen molar-refractivity contribution in [2.75, 3.05) is 0 Å². The van der Waals surface area contributed by atoms with Crippen LogP contribution in [-0.4, -0.2) is 17.4 Å². The summed E-state index contributed by atoms with van der Waals surface area (Å²) in [5.41, 5.74) is 0. The summed E-state index contributed by atoms with van der Waals surface area (Å²) in [6.45, 7) is 0. The minimum absolute atomic E-state index is 0. The summed E-state index contributed by atoms with van der Waals surface area (Å²) >= 11 is 0. The summed E-state index contributed by atoms with van der Waals surface area (Å²) in [5, 5.41) is 0. The molecule has 67 valence electrons. The Bertz CT molecular complexity index is 135. The van der Waals surface area contributed by atoms with E-state index < -0.39 is 15.6 Å². The molecule has 0 aliphatic heterocycles. The minimum atomic E-state index is -5.39. The van der Waals surface area contributed by atoms with E-state index in [1.165, 1.54) is 0 Å². The monoisotopic (exact) mass is 409 g/mol. The first-order chi connectivity index (χ1) is 4.00. The Balaban J connectivity index is -0.0000000178. The average Bonchev–Trinajstić information content (AvgIpc) is 1.12.